The lowest BCUT2D eigenvalue weighted by molar-refractivity contribution is -0.276. The van der Waals surface area contributed by atoms with Crippen molar-refractivity contribution in [2.75, 3.05) is 0 Å². The summed E-state index contributed by atoms with van der Waals surface area (Å²) in [6.45, 7) is 0. The highest BCUT2D eigenvalue weighted by molar-refractivity contribution is 8.13. The van der Waals surface area contributed by atoms with Gasteiger partial charge in [0.25, 0.3) is 15.5 Å². The van der Waals surface area contributed by atoms with Crippen LogP contribution in [0.2, 0.25) is 0 Å². The second-order valence-electron chi connectivity index (χ2n) is 3.24. The molecule has 0 aliphatic rings. The third kappa shape index (κ3) is 4.32. The van der Waals surface area contributed by atoms with Gasteiger partial charge in [0.05, 0.1) is 22.0 Å². The number of rotatable bonds is 4. The van der Waals surface area contributed by atoms with Crippen molar-refractivity contribution in [2.45, 2.75) is 23.6 Å². The highest BCUT2D eigenvalue weighted by Gasteiger charge is 2.34. The predicted octanol–water partition coefficient (Wildman–Crippen LogP) is 3.58. The van der Waals surface area contributed by atoms with Gasteiger partial charge < -0.3 is 4.74 Å². The van der Waals surface area contributed by atoms with E-state index in [1.54, 1.807) is 0 Å². The van der Waals surface area contributed by atoms with Crippen molar-refractivity contribution in [2.24, 2.45) is 0 Å². The van der Waals surface area contributed by atoms with E-state index in [1.807, 2.05) is 0 Å². The fourth-order valence-electron chi connectivity index (χ4n) is 1.27. The van der Waals surface area contributed by atoms with Crippen LogP contribution in [0.4, 0.5) is 22.0 Å². The van der Waals surface area contributed by atoms with Crippen molar-refractivity contribution in [1.29, 1.82) is 0 Å². The molecule has 0 atom stereocenters. The van der Waals surface area contributed by atoms with Crippen molar-refractivity contribution in [3.63, 3.8) is 0 Å². The summed E-state index contributed by atoms with van der Waals surface area (Å²) in [6, 6.07) is 0.160. The number of halogens is 7. The van der Waals surface area contributed by atoms with E-state index in [-0.39, 0.29) is 6.07 Å². The van der Waals surface area contributed by atoms with Gasteiger partial charge in [0.15, 0.2) is 0 Å². The van der Waals surface area contributed by atoms with Gasteiger partial charge in [-0.2, -0.15) is 0 Å². The van der Waals surface area contributed by atoms with Gasteiger partial charge in [-0.3, -0.25) is 0 Å². The Kier molecular flexibility index (Phi) is 5.03. The fraction of sp³-hybridized carbons (Fsp3) is 0.375. The Morgan fingerprint density at radius 1 is 1.35 bits per heavy atom. The first-order chi connectivity index (χ1) is 8.95. The smallest absolute Gasteiger partial charge is 0.388 e. The van der Waals surface area contributed by atoms with E-state index >= 15 is 0 Å². The van der Waals surface area contributed by atoms with Gasteiger partial charge in [0.1, 0.15) is 0 Å². The topological polar surface area (TPSA) is 56.3 Å². The van der Waals surface area contributed by atoms with Crippen molar-refractivity contribution in [1.82, 2.24) is 4.98 Å². The number of hydrogen-bond acceptors (Lipinski definition) is 4. The lowest BCUT2D eigenvalue weighted by atomic mass is 10.2. The molecule has 0 spiro atoms. The maximum Gasteiger partial charge on any atom is 0.574 e. The summed E-state index contributed by atoms with van der Waals surface area (Å²) in [5, 5.41) is 0. The van der Waals surface area contributed by atoms with E-state index < -0.39 is 49.8 Å². The molecular formula is C8H4Cl2F5NO3S. The molecule has 12 heteroatoms. The van der Waals surface area contributed by atoms with Crippen LogP contribution in [0.25, 0.3) is 0 Å². The van der Waals surface area contributed by atoms with Gasteiger partial charge in [0, 0.05) is 16.7 Å². The minimum Gasteiger partial charge on any atom is -0.388 e. The second kappa shape index (κ2) is 5.86. The summed E-state index contributed by atoms with van der Waals surface area (Å²) < 4.78 is 87.4. The molecule has 0 saturated heterocycles. The molecule has 0 bridgehead atoms. The molecule has 1 heterocycles. The maximum atomic E-state index is 12.8. The zero-order chi connectivity index (χ0) is 15.7. The fourth-order valence-corrected chi connectivity index (χ4v) is 2.56. The van der Waals surface area contributed by atoms with Gasteiger partial charge in [0.2, 0.25) is 5.88 Å². The number of ether oxygens (including phenoxy) is 1. The normalized spacial score (nSPS) is 12.8. The van der Waals surface area contributed by atoms with Crippen molar-refractivity contribution < 1.29 is 35.1 Å². The first kappa shape index (κ1) is 17.2. The number of alkyl halides is 6. The van der Waals surface area contributed by atoms with E-state index in [0.29, 0.717) is 0 Å². The van der Waals surface area contributed by atoms with Crippen LogP contribution in [0.5, 0.6) is 5.88 Å². The minimum absolute atomic E-state index is 0.160. The zero-order valence-corrected chi connectivity index (χ0v) is 11.4. The quantitative estimate of drug-likeness (QED) is 0.468. The van der Waals surface area contributed by atoms with Crippen LogP contribution >= 0.6 is 22.3 Å². The van der Waals surface area contributed by atoms with Crippen molar-refractivity contribution >= 4 is 31.3 Å². The van der Waals surface area contributed by atoms with E-state index in [9.17, 15) is 30.4 Å². The number of nitrogens with zero attached hydrogens (tertiary/aromatic N) is 1. The lowest BCUT2D eigenvalue weighted by Crippen LogP contribution is -2.19. The number of pyridine rings is 1. The van der Waals surface area contributed by atoms with E-state index in [1.165, 1.54) is 0 Å². The number of hydrogen-bond donors (Lipinski definition) is 0. The van der Waals surface area contributed by atoms with Crippen molar-refractivity contribution in [3.05, 3.63) is 17.3 Å². The van der Waals surface area contributed by atoms with Crippen molar-refractivity contribution in [3.8, 4) is 5.88 Å². The molecule has 0 aromatic carbocycles. The van der Waals surface area contributed by atoms with E-state index in [0.717, 1.165) is 0 Å². The summed E-state index contributed by atoms with van der Waals surface area (Å²) in [7, 11) is 0.168. The van der Waals surface area contributed by atoms with Crippen LogP contribution in [0.3, 0.4) is 0 Å². The van der Waals surface area contributed by atoms with Crippen LogP contribution in [0.15, 0.2) is 11.0 Å². The Hall–Kier alpha value is -0.870. The van der Waals surface area contributed by atoms with E-state index in [4.69, 9.17) is 22.3 Å². The molecule has 1 aromatic heterocycles. The maximum absolute atomic E-state index is 12.8. The summed E-state index contributed by atoms with van der Waals surface area (Å²) in [4.78, 5) is 1.86. The summed E-state index contributed by atoms with van der Waals surface area (Å²) in [5.41, 5.74) is -1.94. The molecule has 0 aliphatic heterocycles. The molecule has 1 rings (SSSR count). The van der Waals surface area contributed by atoms with Gasteiger partial charge in [-0.1, -0.05) is 0 Å². The Bertz CT molecular complexity index is 605. The Morgan fingerprint density at radius 2 is 1.90 bits per heavy atom. The molecule has 0 N–H and O–H groups in total. The number of aromatic nitrogens is 1. The van der Waals surface area contributed by atoms with Crippen LogP contribution in [-0.4, -0.2) is 19.8 Å². The summed E-state index contributed by atoms with van der Waals surface area (Å²) in [5.74, 6) is -2.01. The Labute approximate surface area is 118 Å². The van der Waals surface area contributed by atoms with Gasteiger partial charge in [-0.15, -0.1) is 24.8 Å². The lowest BCUT2D eigenvalue weighted by Gasteiger charge is -2.14. The average Bonchev–Trinajstić information content (AvgIpc) is 2.23. The van der Waals surface area contributed by atoms with Crippen LogP contribution in [0.1, 0.15) is 17.7 Å². The molecule has 4 nitrogen and oxygen atoms in total. The largest absolute Gasteiger partial charge is 0.574 e. The highest BCUT2D eigenvalue weighted by atomic mass is 35.7. The molecule has 20 heavy (non-hydrogen) atoms. The monoisotopic (exact) mass is 359 g/mol. The SMILES string of the molecule is O=S(=O)(Cl)c1cc(OC(F)(F)F)nc(CCl)c1C(F)F. The molecule has 0 aliphatic carbocycles. The molecule has 0 saturated carbocycles. The first-order valence-corrected chi connectivity index (χ1v) is 7.38. The predicted molar refractivity (Wildman–Crippen MR) is 58.5 cm³/mol. The molecule has 0 unspecified atom stereocenters. The van der Waals surface area contributed by atoms with E-state index in [2.05, 4.69) is 9.72 Å². The average molecular weight is 360 g/mol. The van der Waals surface area contributed by atoms with Crippen LogP contribution in [-0.2, 0) is 14.9 Å². The Balaban J connectivity index is 3.57. The molecule has 114 valence electrons. The highest BCUT2D eigenvalue weighted by Crippen LogP contribution is 2.35. The minimum atomic E-state index is -5.18. The molecule has 0 amide bonds. The third-order valence-corrected chi connectivity index (χ3v) is 3.52. The summed E-state index contributed by atoms with van der Waals surface area (Å²) in [6.07, 6.45) is -8.53. The zero-order valence-electron chi connectivity index (χ0n) is 9.09. The molecule has 1 aromatic rings. The second-order valence-corrected chi connectivity index (χ2v) is 6.04. The first-order valence-electron chi connectivity index (χ1n) is 4.54. The molecule has 0 fully saturated rings. The Morgan fingerprint density at radius 3 is 2.25 bits per heavy atom. The van der Waals surface area contributed by atoms with Crippen LogP contribution < -0.4 is 4.74 Å². The summed E-state index contributed by atoms with van der Waals surface area (Å²) >= 11 is 5.27. The van der Waals surface area contributed by atoms with Crippen LogP contribution in [0, 0.1) is 0 Å². The molecule has 0 radical (unpaired) electrons. The van der Waals surface area contributed by atoms with Gasteiger partial charge >= 0.3 is 6.36 Å². The van der Waals surface area contributed by atoms with Gasteiger partial charge in [-0.25, -0.2) is 22.2 Å². The van der Waals surface area contributed by atoms with Gasteiger partial charge in [-0.05, 0) is 0 Å². The standard InChI is InChI=1S/C8H4Cl2F5NO3S/c9-2-3-6(7(11)12)4(20(10,17)18)1-5(16-3)19-8(13,14)15/h1,7H,2H2. The third-order valence-electron chi connectivity index (χ3n) is 1.90. The molecular weight excluding hydrogens is 356 g/mol.